The molecule has 0 bridgehead atoms. The smallest absolute Gasteiger partial charge is 0.305 e. The fraction of sp³-hybridized carbons (Fsp3) is 0.583. The van der Waals surface area contributed by atoms with Crippen molar-refractivity contribution in [3.8, 4) is 5.88 Å². The van der Waals surface area contributed by atoms with E-state index in [1.54, 1.807) is 6.20 Å². The third-order valence-corrected chi connectivity index (χ3v) is 2.31. The topological polar surface area (TPSA) is 84.3 Å². The highest BCUT2D eigenvalue weighted by Crippen LogP contribution is 2.13. The van der Waals surface area contributed by atoms with Crippen LogP contribution >= 0.6 is 0 Å². The molecule has 0 fully saturated rings. The van der Waals surface area contributed by atoms with Gasteiger partial charge in [0.15, 0.2) is 0 Å². The van der Waals surface area contributed by atoms with Crippen LogP contribution in [0.15, 0.2) is 12.4 Å². The number of aromatic nitrogens is 2. The first-order valence-corrected chi connectivity index (χ1v) is 6.08. The molecule has 6 heteroatoms. The molecule has 1 aromatic rings. The lowest BCUT2D eigenvalue weighted by Crippen LogP contribution is -2.23. The van der Waals surface area contributed by atoms with Crippen LogP contribution < -0.4 is 10.1 Å². The molecule has 1 rings (SSSR count). The van der Waals surface area contributed by atoms with Gasteiger partial charge in [0.1, 0.15) is 5.82 Å². The molecule has 18 heavy (non-hydrogen) atoms. The lowest BCUT2D eigenvalue weighted by atomic mass is 10.1. The number of nitrogens with zero attached hydrogens (tertiary/aromatic N) is 2. The van der Waals surface area contributed by atoms with Gasteiger partial charge in [-0.05, 0) is 13.3 Å². The Hall–Kier alpha value is -1.85. The summed E-state index contributed by atoms with van der Waals surface area (Å²) < 4.78 is 5.24. The number of carboxylic acid groups (broad SMARTS) is 1. The number of ether oxygens (including phenoxy) is 1. The first kappa shape index (κ1) is 14.2. The summed E-state index contributed by atoms with van der Waals surface area (Å²) >= 11 is 0. The van der Waals surface area contributed by atoms with E-state index in [9.17, 15) is 4.79 Å². The lowest BCUT2D eigenvalue weighted by Gasteiger charge is -2.16. The number of nitrogens with one attached hydrogen (secondary N) is 1. The molecule has 0 aromatic carbocycles. The van der Waals surface area contributed by atoms with Crippen LogP contribution in [0.1, 0.15) is 33.1 Å². The van der Waals surface area contributed by atoms with Crippen molar-refractivity contribution in [2.24, 2.45) is 0 Å². The van der Waals surface area contributed by atoms with Crippen molar-refractivity contribution in [3.63, 3.8) is 0 Å². The molecule has 0 aliphatic rings. The third kappa shape index (κ3) is 4.99. The largest absolute Gasteiger partial charge is 0.481 e. The molecule has 100 valence electrons. The van der Waals surface area contributed by atoms with E-state index in [1.807, 2.05) is 13.8 Å². The molecule has 1 heterocycles. The van der Waals surface area contributed by atoms with Gasteiger partial charge in [-0.3, -0.25) is 9.78 Å². The van der Waals surface area contributed by atoms with Crippen molar-refractivity contribution < 1.29 is 14.6 Å². The van der Waals surface area contributed by atoms with E-state index >= 15 is 0 Å². The molecule has 1 atom stereocenters. The SMILES string of the molecule is CCCC(CC(=O)O)Nc1cncc(OCC)n1. The molecule has 0 saturated heterocycles. The van der Waals surface area contributed by atoms with Gasteiger partial charge in [0.05, 0.1) is 25.4 Å². The number of hydrogen-bond acceptors (Lipinski definition) is 5. The van der Waals surface area contributed by atoms with Crippen LogP contribution in [0.2, 0.25) is 0 Å². The van der Waals surface area contributed by atoms with Crippen LogP contribution in [0.4, 0.5) is 5.82 Å². The zero-order valence-corrected chi connectivity index (χ0v) is 10.7. The minimum atomic E-state index is -0.824. The van der Waals surface area contributed by atoms with E-state index in [0.717, 1.165) is 12.8 Å². The number of rotatable bonds is 8. The highest BCUT2D eigenvalue weighted by atomic mass is 16.5. The average Bonchev–Trinajstić information content (AvgIpc) is 2.29. The van der Waals surface area contributed by atoms with Gasteiger partial charge in [-0.25, -0.2) is 0 Å². The Balaban J connectivity index is 2.67. The van der Waals surface area contributed by atoms with Crippen LogP contribution in [-0.2, 0) is 4.79 Å². The number of carbonyl (C=O) groups is 1. The minimum Gasteiger partial charge on any atom is -0.481 e. The quantitative estimate of drug-likeness (QED) is 0.736. The second-order valence-corrected chi connectivity index (χ2v) is 3.90. The summed E-state index contributed by atoms with van der Waals surface area (Å²) in [6.07, 6.45) is 4.83. The summed E-state index contributed by atoms with van der Waals surface area (Å²) in [5.41, 5.74) is 0. The lowest BCUT2D eigenvalue weighted by molar-refractivity contribution is -0.137. The Morgan fingerprint density at radius 2 is 2.28 bits per heavy atom. The van der Waals surface area contributed by atoms with Crippen LogP contribution in [0.5, 0.6) is 5.88 Å². The Bertz CT molecular complexity index is 385. The first-order valence-electron chi connectivity index (χ1n) is 6.08. The monoisotopic (exact) mass is 253 g/mol. The minimum absolute atomic E-state index is 0.0639. The van der Waals surface area contributed by atoms with Gasteiger partial charge >= 0.3 is 5.97 Å². The summed E-state index contributed by atoms with van der Waals surface area (Å²) in [7, 11) is 0. The third-order valence-electron chi connectivity index (χ3n) is 2.31. The van der Waals surface area contributed by atoms with E-state index in [1.165, 1.54) is 6.20 Å². The van der Waals surface area contributed by atoms with Gasteiger partial charge < -0.3 is 15.2 Å². The van der Waals surface area contributed by atoms with Crippen molar-refractivity contribution in [3.05, 3.63) is 12.4 Å². The van der Waals surface area contributed by atoms with Gasteiger partial charge in [0.25, 0.3) is 0 Å². The van der Waals surface area contributed by atoms with Gasteiger partial charge in [-0.15, -0.1) is 0 Å². The van der Waals surface area contributed by atoms with Crippen molar-refractivity contribution >= 4 is 11.8 Å². The molecule has 0 aliphatic carbocycles. The Kier molecular flexibility index (Phi) is 5.90. The van der Waals surface area contributed by atoms with Gasteiger partial charge in [0, 0.05) is 6.04 Å². The molecule has 6 nitrogen and oxygen atoms in total. The predicted octanol–water partition coefficient (Wildman–Crippen LogP) is 1.93. The number of aliphatic carboxylic acids is 1. The van der Waals surface area contributed by atoms with Crippen LogP contribution in [0.25, 0.3) is 0 Å². The summed E-state index contributed by atoms with van der Waals surface area (Å²) in [5.74, 6) is 0.156. The molecular weight excluding hydrogens is 234 g/mol. The highest BCUT2D eigenvalue weighted by molar-refractivity contribution is 5.68. The summed E-state index contributed by atoms with van der Waals surface area (Å²) in [4.78, 5) is 18.9. The zero-order valence-electron chi connectivity index (χ0n) is 10.7. The molecule has 1 aromatic heterocycles. The van der Waals surface area contributed by atoms with Crippen molar-refractivity contribution in [2.45, 2.75) is 39.2 Å². The normalized spacial score (nSPS) is 11.9. The molecular formula is C12H19N3O3. The Morgan fingerprint density at radius 3 is 2.89 bits per heavy atom. The van der Waals surface area contributed by atoms with Gasteiger partial charge in [-0.2, -0.15) is 4.98 Å². The van der Waals surface area contributed by atoms with E-state index in [2.05, 4.69) is 15.3 Å². The first-order chi connectivity index (χ1) is 8.65. The molecule has 2 N–H and O–H groups in total. The standard InChI is InChI=1S/C12H19N3O3/c1-3-5-9(6-12(16)17)14-10-7-13-8-11(15-10)18-4-2/h7-9H,3-6H2,1-2H3,(H,14,15)(H,16,17). The predicted molar refractivity (Wildman–Crippen MR) is 67.8 cm³/mol. The van der Waals surface area contributed by atoms with Crippen molar-refractivity contribution in [2.75, 3.05) is 11.9 Å². The second-order valence-electron chi connectivity index (χ2n) is 3.90. The van der Waals surface area contributed by atoms with E-state index in [4.69, 9.17) is 9.84 Å². The van der Waals surface area contributed by atoms with Crippen molar-refractivity contribution in [1.29, 1.82) is 0 Å². The summed E-state index contributed by atoms with van der Waals surface area (Å²) in [6.45, 7) is 4.40. The Labute approximate surface area is 106 Å². The maximum atomic E-state index is 10.7. The molecule has 0 saturated carbocycles. The van der Waals surface area contributed by atoms with Crippen molar-refractivity contribution in [1.82, 2.24) is 9.97 Å². The van der Waals surface area contributed by atoms with E-state index in [-0.39, 0.29) is 12.5 Å². The van der Waals surface area contributed by atoms with E-state index < -0.39 is 5.97 Å². The van der Waals surface area contributed by atoms with Gasteiger partial charge in [-0.1, -0.05) is 13.3 Å². The van der Waals surface area contributed by atoms with Crippen LogP contribution in [0, 0.1) is 0 Å². The average molecular weight is 253 g/mol. The maximum absolute atomic E-state index is 10.7. The molecule has 0 amide bonds. The summed E-state index contributed by atoms with van der Waals surface area (Å²) in [5, 5.41) is 11.9. The zero-order chi connectivity index (χ0) is 13.4. The number of anilines is 1. The summed E-state index contributed by atoms with van der Waals surface area (Å²) in [6, 6.07) is -0.140. The molecule has 0 aliphatic heterocycles. The fourth-order valence-corrected chi connectivity index (χ4v) is 1.63. The molecule has 0 spiro atoms. The maximum Gasteiger partial charge on any atom is 0.305 e. The van der Waals surface area contributed by atoms with Gasteiger partial charge in [0.2, 0.25) is 5.88 Å². The van der Waals surface area contributed by atoms with E-state index in [0.29, 0.717) is 18.3 Å². The van der Waals surface area contributed by atoms with Crippen LogP contribution in [0.3, 0.4) is 0 Å². The number of hydrogen-bond donors (Lipinski definition) is 2. The fourth-order valence-electron chi connectivity index (χ4n) is 1.63. The highest BCUT2D eigenvalue weighted by Gasteiger charge is 2.13. The number of carboxylic acids is 1. The Morgan fingerprint density at radius 1 is 1.50 bits per heavy atom. The molecule has 1 unspecified atom stereocenters. The van der Waals surface area contributed by atoms with Crippen LogP contribution in [-0.4, -0.2) is 33.7 Å². The second kappa shape index (κ2) is 7.47. The molecule has 0 radical (unpaired) electrons.